The van der Waals surface area contributed by atoms with Gasteiger partial charge in [0.15, 0.2) is 0 Å². The van der Waals surface area contributed by atoms with Crippen LogP contribution in [0.15, 0.2) is 330 Å². The van der Waals surface area contributed by atoms with E-state index in [0.29, 0.717) is 66.8 Å². The van der Waals surface area contributed by atoms with E-state index in [4.69, 9.17) is 32.3 Å². The molecule has 0 aliphatic rings. The number of nitrogens with two attached hydrogens (primary N) is 4. The summed E-state index contributed by atoms with van der Waals surface area (Å²) in [5, 5.41) is 112. The van der Waals surface area contributed by atoms with Gasteiger partial charge in [0.25, 0.3) is 28.0 Å². The fourth-order valence-corrected chi connectivity index (χ4v) is 16.2. The smallest absolute Gasteiger partial charge is 0.337 e. The monoisotopic (exact) mass is 1850 g/mol. The number of fused-ring (bicyclic) bond motifs is 10. The molecule has 676 valence electrons. The molecule has 0 saturated heterocycles. The molecule has 0 saturated carbocycles. The fraction of sp³-hybridized carbons (Fsp3) is 0. The number of rotatable bonds is 19. The van der Waals surface area contributed by atoms with Crippen LogP contribution in [0.4, 0.5) is 91.0 Å². The molecule has 7 heterocycles. The van der Waals surface area contributed by atoms with Gasteiger partial charge >= 0.3 is 23.9 Å². The van der Waals surface area contributed by atoms with Gasteiger partial charge in [0.1, 0.15) is 0 Å². The van der Waals surface area contributed by atoms with Crippen molar-refractivity contribution in [3.8, 4) is 11.5 Å². The number of nitrogens with one attached hydrogen (secondary N) is 4. The molecule has 14 aromatic carbocycles. The van der Waals surface area contributed by atoms with Crippen LogP contribution in [0.25, 0.3) is 120 Å². The van der Waals surface area contributed by atoms with Crippen molar-refractivity contribution in [2.75, 3.05) is 44.2 Å². The molecule has 0 radical (unpaired) electrons. The lowest BCUT2D eigenvalue weighted by molar-refractivity contribution is -0.384. The molecule has 38 heteroatoms. The van der Waals surface area contributed by atoms with E-state index in [1.165, 1.54) is 121 Å². The lowest BCUT2D eigenvalue weighted by Gasteiger charge is -2.15. The number of carboxylic acid groups (broad SMARTS) is 4. The van der Waals surface area contributed by atoms with Crippen LogP contribution in [-0.4, -0.2) is 104 Å². The number of hydrogen-bond donors (Lipinski definition) is 12. The number of pyridine rings is 6. The molecule has 0 amide bonds. The summed E-state index contributed by atoms with van der Waals surface area (Å²) in [6.45, 7) is 0. The number of carboxylic acids is 4. The Bertz CT molecular complexity index is 8290. The van der Waals surface area contributed by atoms with Gasteiger partial charge < -0.3 is 69.0 Å². The first kappa shape index (κ1) is 89.9. The Labute approximate surface area is 779 Å². The average molecular weight is 1850 g/mol. The first-order valence-electron chi connectivity index (χ1n) is 41.3. The van der Waals surface area contributed by atoms with Crippen LogP contribution in [0.1, 0.15) is 41.4 Å². The van der Waals surface area contributed by atoms with Gasteiger partial charge in [0.2, 0.25) is 5.89 Å². The second-order valence-electron chi connectivity index (χ2n) is 30.5. The van der Waals surface area contributed by atoms with Crippen molar-refractivity contribution in [3.05, 3.63) is 378 Å². The number of nitro groups is 4. The summed E-state index contributed by atoms with van der Waals surface area (Å²) in [6.07, 6.45) is 3.41. The van der Waals surface area contributed by atoms with Gasteiger partial charge in [-0.25, -0.2) is 44.1 Å². The largest absolute Gasteiger partial charge is 0.478 e. The minimum Gasteiger partial charge on any atom is -0.478 e. The molecule has 21 rings (SSSR count). The minimum absolute atomic E-state index is 0.0765. The van der Waals surface area contributed by atoms with Crippen LogP contribution >= 0.6 is 11.8 Å². The molecule has 138 heavy (non-hydrogen) atoms. The number of aromatic nitrogens is 8. The van der Waals surface area contributed by atoms with Crippen molar-refractivity contribution in [2.45, 2.75) is 10.1 Å². The van der Waals surface area contributed by atoms with Gasteiger partial charge in [0, 0.05) is 159 Å². The van der Waals surface area contributed by atoms with Crippen molar-refractivity contribution >= 4 is 236 Å². The van der Waals surface area contributed by atoms with Crippen molar-refractivity contribution in [1.29, 1.82) is 0 Å². The standard InChI is InChI=1S/2C20H13N5O6.C20H12N4OS.2C20H15N3O2/c21-16-6-1-10(7-15(16)20(26)27)22-19-13-4-2-11(24(28)29)8-17(13)23-18-9-12(25(30)31)3-5-14(18)19;21-10-1-6-16(15(7-10)20(26)27)23-19-13-4-2-11(24(28)29)8-17(13)22-18-9-12(25(30)31)3-5-14(18)19;1-3-7-16-14(5-1)18(15-6-2-4-8-17(15)22-16)26-20-24-23-19(25-20)13-9-11-21-12-10-13;21-16-10-9-12(11-15(16)20(24)25)22-19-13-5-1-3-7-17(13)23-18-8-4-2-6-14(18)19;21-12-9-10-18(15(11-12)20(24)25)23-19-13-5-1-3-7-16(13)22-17-8-4-2-6-14(17)19/h2*1-9H,21H2,(H,22,23)(H,26,27);1-12H;2*1-11H,21H2,(H,22,23)(H,24,25). The van der Waals surface area contributed by atoms with Crippen LogP contribution in [-0.2, 0) is 0 Å². The SMILES string of the molecule is Nc1ccc(Nc2c3ccc([N+](=O)[O-])cc3nc3cc([N+](=O)[O-])ccc23)c(C(=O)O)c1.Nc1ccc(Nc2c3ccc([N+](=O)[O-])cc3nc3cc([N+](=O)[O-])ccc23)cc1C(=O)O.Nc1ccc(Nc2c3ccccc3nc3ccccc23)c(C(=O)O)c1.Nc1ccc(Nc2c3ccccc3nc3ccccc23)cc1C(=O)O.c1ccc2c(Sc3nnc(-c4ccncc4)o3)c3ccccc3nc2c1. The lowest BCUT2D eigenvalue weighted by Crippen LogP contribution is -2.05. The zero-order valence-corrected chi connectivity index (χ0v) is 72.0. The topological polar surface area (TPSA) is 590 Å². The summed E-state index contributed by atoms with van der Waals surface area (Å²) < 4.78 is 5.86. The van der Waals surface area contributed by atoms with E-state index in [9.17, 15) is 80.1 Å². The Morgan fingerprint density at radius 3 is 0.913 bits per heavy atom. The number of benzene rings is 14. The zero-order chi connectivity index (χ0) is 96.7. The second-order valence-corrected chi connectivity index (χ2v) is 31.4. The summed E-state index contributed by atoms with van der Waals surface area (Å²) in [5.41, 5.74) is 34.6. The van der Waals surface area contributed by atoms with E-state index in [2.05, 4.69) is 68.5 Å². The number of hydrogen-bond acceptors (Lipinski definition) is 30. The third-order valence-corrected chi connectivity index (χ3v) is 22.7. The highest BCUT2D eigenvalue weighted by Gasteiger charge is 2.25. The van der Waals surface area contributed by atoms with Crippen molar-refractivity contribution in [2.24, 2.45) is 0 Å². The van der Waals surface area contributed by atoms with E-state index in [0.717, 1.165) is 87.3 Å². The molecule has 0 aliphatic carbocycles. The van der Waals surface area contributed by atoms with Crippen LogP contribution in [0.5, 0.6) is 0 Å². The van der Waals surface area contributed by atoms with Gasteiger partial charge in [-0.1, -0.05) is 109 Å². The molecule has 0 spiro atoms. The fourth-order valence-electron chi connectivity index (χ4n) is 15.3. The van der Waals surface area contributed by atoms with Crippen LogP contribution in [0.3, 0.4) is 0 Å². The molecule has 16 N–H and O–H groups in total. The molecule has 21 aromatic rings. The highest BCUT2D eigenvalue weighted by molar-refractivity contribution is 7.99. The Hall–Kier alpha value is -20.0. The normalized spacial score (nSPS) is 10.9. The summed E-state index contributed by atoms with van der Waals surface area (Å²) in [4.78, 5) is 116. The number of nitro benzene ring substituents is 4. The number of anilines is 12. The maximum absolute atomic E-state index is 11.7. The third kappa shape index (κ3) is 19.1. The molecule has 0 unspecified atom stereocenters. The van der Waals surface area contributed by atoms with Gasteiger partial charge in [-0.3, -0.25) is 45.4 Å². The van der Waals surface area contributed by atoms with Crippen LogP contribution < -0.4 is 44.2 Å². The first-order valence-corrected chi connectivity index (χ1v) is 42.1. The van der Waals surface area contributed by atoms with Gasteiger partial charge in [0.05, 0.1) is 131 Å². The second kappa shape index (κ2) is 38.6. The Morgan fingerprint density at radius 2 is 0.594 bits per heavy atom. The molecule has 0 fully saturated rings. The quantitative estimate of drug-likeness (QED) is 0.0155. The van der Waals surface area contributed by atoms with Crippen molar-refractivity contribution < 1.29 is 63.7 Å². The summed E-state index contributed by atoms with van der Waals surface area (Å²) in [6, 6.07) is 85.8. The molecule has 7 aromatic heterocycles. The predicted molar refractivity (Wildman–Crippen MR) is 529 cm³/mol. The zero-order valence-electron chi connectivity index (χ0n) is 71.2. The number of carbonyl (C=O) groups is 4. The number of para-hydroxylation sites is 6. The maximum Gasteiger partial charge on any atom is 0.337 e. The number of non-ortho nitro benzene ring substituents is 4. The Balaban J connectivity index is 0.000000120. The summed E-state index contributed by atoms with van der Waals surface area (Å²) >= 11 is 1.47. The first-order chi connectivity index (χ1) is 66.6. The van der Waals surface area contributed by atoms with Crippen LogP contribution in [0, 0.1) is 40.5 Å². The van der Waals surface area contributed by atoms with Gasteiger partial charge in [-0.15, -0.1) is 10.2 Å². The summed E-state index contributed by atoms with van der Waals surface area (Å²) in [7, 11) is 0. The molecule has 0 atom stereocenters. The predicted octanol–water partition coefficient (Wildman–Crippen LogP) is 22.3. The number of nitrogens with zero attached hydrogens (tertiary/aromatic N) is 12. The van der Waals surface area contributed by atoms with Crippen molar-refractivity contribution in [3.63, 3.8) is 0 Å². The van der Waals surface area contributed by atoms with E-state index < -0.39 is 43.6 Å². The molecular weight excluding hydrogens is 1790 g/mol. The van der Waals surface area contributed by atoms with E-state index in [1.807, 2.05) is 146 Å². The van der Waals surface area contributed by atoms with Crippen LogP contribution in [0.2, 0.25) is 0 Å². The average Bonchev–Trinajstić information content (AvgIpc) is 0.848. The Morgan fingerprint density at radius 1 is 0.304 bits per heavy atom. The number of nitrogen functional groups attached to an aromatic ring is 4. The summed E-state index contributed by atoms with van der Waals surface area (Å²) in [5.74, 6) is -4.00. The van der Waals surface area contributed by atoms with Gasteiger partial charge in [-0.05, 0) is 157 Å². The van der Waals surface area contributed by atoms with Gasteiger partial charge in [-0.2, -0.15) is 0 Å². The Kier molecular flexibility index (Phi) is 25.1. The van der Waals surface area contributed by atoms with E-state index in [-0.39, 0.29) is 89.8 Å². The molecule has 0 aliphatic heterocycles. The maximum atomic E-state index is 11.7. The highest BCUT2D eigenvalue weighted by atomic mass is 32.2. The van der Waals surface area contributed by atoms with E-state index >= 15 is 0 Å². The minimum atomic E-state index is -1.20. The third-order valence-electron chi connectivity index (χ3n) is 21.7. The molecule has 0 bridgehead atoms. The highest BCUT2D eigenvalue weighted by Crippen LogP contribution is 2.44. The molecule has 37 nitrogen and oxygen atoms in total. The lowest BCUT2D eigenvalue weighted by atomic mass is 10.1. The molecular formula is C100H68N20O17S. The number of aromatic carboxylic acids is 4. The van der Waals surface area contributed by atoms with Crippen molar-refractivity contribution in [1.82, 2.24) is 40.1 Å². The van der Waals surface area contributed by atoms with E-state index in [1.54, 1.807) is 48.8 Å².